The molecule has 1 saturated heterocycles. The number of carboxylic acids is 1. The predicted molar refractivity (Wildman–Crippen MR) is 85.1 cm³/mol. The Hall–Kier alpha value is -1.49. The summed E-state index contributed by atoms with van der Waals surface area (Å²) in [7, 11) is 0. The molecule has 114 valence electrons. The van der Waals surface area contributed by atoms with Gasteiger partial charge in [-0.2, -0.15) is 11.8 Å². The average molecular weight is 307 g/mol. The van der Waals surface area contributed by atoms with Crippen LogP contribution in [-0.2, 0) is 0 Å². The Morgan fingerprint density at radius 2 is 1.95 bits per heavy atom. The maximum Gasteiger partial charge on any atom is 0.335 e. The third kappa shape index (κ3) is 3.79. The monoisotopic (exact) mass is 307 g/mol. The van der Waals surface area contributed by atoms with E-state index in [4.69, 9.17) is 5.11 Å². The minimum absolute atomic E-state index is 0.0628. The number of benzene rings is 1. The molecular weight excluding hydrogens is 286 g/mol. The number of carboxylic acid groups (broad SMARTS) is 1. The topological polar surface area (TPSA) is 57.6 Å². The fourth-order valence-corrected chi connectivity index (χ4v) is 3.77. The minimum Gasteiger partial charge on any atom is -0.478 e. The molecule has 0 radical (unpaired) electrons. The predicted octanol–water partition coefficient (Wildman–Crippen LogP) is 2.91. The summed E-state index contributed by atoms with van der Waals surface area (Å²) in [4.78, 5) is 25.6. The summed E-state index contributed by atoms with van der Waals surface area (Å²) in [5.74, 6) is 0.401. The van der Waals surface area contributed by atoms with Gasteiger partial charge in [-0.25, -0.2) is 4.79 Å². The van der Waals surface area contributed by atoms with E-state index in [1.165, 1.54) is 6.07 Å². The van der Waals surface area contributed by atoms with E-state index in [2.05, 4.69) is 13.8 Å². The number of carbonyl (C=O) groups excluding carboxylic acids is 1. The molecule has 0 bridgehead atoms. The summed E-state index contributed by atoms with van der Waals surface area (Å²) in [6.45, 7) is 7.61. The molecule has 0 aliphatic carbocycles. The molecule has 1 fully saturated rings. The first kappa shape index (κ1) is 15.9. The number of aromatic carboxylic acids is 1. The van der Waals surface area contributed by atoms with Gasteiger partial charge in [-0.3, -0.25) is 4.79 Å². The zero-order valence-corrected chi connectivity index (χ0v) is 13.4. The molecule has 1 atom stereocenters. The smallest absolute Gasteiger partial charge is 0.335 e. The van der Waals surface area contributed by atoms with Crippen LogP contribution in [0.3, 0.4) is 0 Å². The van der Waals surface area contributed by atoms with E-state index in [9.17, 15) is 9.59 Å². The lowest BCUT2D eigenvalue weighted by atomic mass is 10.0. The molecule has 1 aliphatic rings. The lowest BCUT2D eigenvalue weighted by Gasteiger charge is -2.34. The van der Waals surface area contributed by atoms with Gasteiger partial charge in [0.05, 0.1) is 5.56 Å². The van der Waals surface area contributed by atoms with Crippen molar-refractivity contribution in [1.29, 1.82) is 0 Å². The normalized spacial score (nSPS) is 18.9. The summed E-state index contributed by atoms with van der Waals surface area (Å²) in [6, 6.07) is 4.83. The fourth-order valence-electron chi connectivity index (χ4n) is 2.48. The maximum absolute atomic E-state index is 12.6. The number of hydrogen-bond acceptors (Lipinski definition) is 3. The van der Waals surface area contributed by atoms with Crippen molar-refractivity contribution in [2.75, 3.05) is 18.8 Å². The van der Waals surface area contributed by atoms with Crippen LogP contribution in [0.4, 0.5) is 0 Å². The highest BCUT2D eigenvalue weighted by atomic mass is 32.2. The van der Waals surface area contributed by atoms with E-state index in [1.54, 1.807) is 12.1 Å². The Morgan fingerprint density at radius 1 is 1.29 bits per heavy atom. The summed E-state index contributed by atoms with van der Waals surface area (Å²) >= 11 is 1.91. The summed E-state index contributed by atoms with van der Waals surface area (Å²) in [6.07, 6.45) is 0. The largest absolute Gasteiger partial charge is 0.478 e. The number of nitrogens with zero attached hydrogens (tertiary/aromatic N) is 1. The van der Waals surface area contributed by atoms with Crippen LogP contribution in [0.15, 0.2) is 18.2 Å². The molecule has 1 aromatic carbocycles. The van der Waals surface area contributed by atoms with Crippen molar-refractivity contribution in [1.82, 2.24) is 4.90 Å². The van der Waals surface area contributed by atoms with E-state index in [1.807, 2.05) is 23.6 Å². The number of carbonyl (C=O) groups is 2. The Morgan fingerprint density at radius 3 is 2.57 bits per heavy atom. The maximum atomic E-state index is 12.6. The van der Waals surface area contributed by atoms with Crippen LogP contribution in [0.25, 0.3) is 0 Å². The van der Waals surface area contributed by atoms with Crippen LogP contribution in [0.5, 0.6) is 0 Å². The van der Waals surface area contributed by atoms with Gasteiger partial charge in [0.2, 0.25) is 0 Å². The van der Waals surface area contributed by atoms with Gasteiger partial charge in [0.15, 0.2) is 0 Å². The van der Waals surface area contributed by atoms with Crippen LogP contribution in [0, 0.1) is 12.8 Å². The quantitative estimate of drug-likeness (QED) is 0.933. The van der Waals surface area contributed by atoms with Gasteiger partial charge in [-0.05, 0) is 36.6 Å². The molecule has 1 amide bonds. The molecule has 1 heterocycles. The molecule has 4 nitrogen and oxygen atoms in total. The molecule has 1 unspecified atom stereocenters. The zero-order valence-electron chi connectivity index (χ0n) is 12.6. The SMILES string of the molecule is Cc1cc(C(=O)O)cc(C(=O)N2CCSC(C(C)C)C2)c1. The van der Waals surface area contributed by atoms with E-state index < -0.39 is 5.97 Å². The molecule has 21 heavy (non-hydrogen) atoms. The highest BCUT2D eigenvalue weighted by Crippen LogP contribution is 2.26. The van der Waals surface area contributed by atoms with Gasteiger partial charge in [0, 0.05) is 29.7 Å². The van der Waals surface area contributed by atoms with Crippen molar-refractivity contribution in [3.8, 4) is 0 Å². The van der Waals surface area contributed by atoms with E-state index in [-0.39, 0.29) is 11.5 Å². The Kier molecular flexibility index (Phi) is 4.93. The van der Waals surface area contributed by atoms with Crippen LogP contribution >= 0.6 is 11.8 Å². The Labute approximate surface area is 129 Å². The second-order valence-corrected chi connectivity index (χ2v) is 7.14. The Bertz CT molecular complexity index is 556. The van der Waals surface area contributed by atoms with Gasteiger partial charge in [0.1, 0.15) is 0 Å². The lowest BCUT2D eigenvalue weighted by Crippen LogP contribution is -2.43. The number of amides is 1. The molecule has 0 saturated carbocycles. The summed E-state index contributed by atoms with van der Waals surface area (Å²) < 4.78 is 0. The first-order valence-electron chi connectivity index (χ1n) is 7.14. The second kappa shape index (κ2) is 6.52. The molecule has 2 rings (SSSR count). The standard InChI is InChI=1S/C16H21NO3S/c1-10(2)14-9-17(4-5-21-14)15(18)12-6-11(3)7-13(8-12)16(19)20/h6-8,10,14H,4-5,9H2,1-3H3,(H,19,20). The number of aryl methyl sites for hydroxylation is 1. The molecule has 1 N–H and O–H groups in total. The fraction of sp³-hybridized carbons (Fsp3) is 0.500. The van der Waals surface area contributed by atoms with E-state index in [0.717, 1.165) is 24.4 Å². The van der Waals surface area contributed by atoms with Crippen molar-refractivity contribution in [3.63, 3.8) is 0 Å². The van der Waals surface area contributed by atoms with Crippen molar-refractivity contribution in [3.05, 3.63) is 34.9 Å². The van der Waals surface area contributed by atoms with E-state index >= 15 is 0 Å². The third-order valence-electron chi connectivity index (χ3n) is 3.70. The average Bonchev–Trinajstić information content (AvgIpc) is 2.45. The van der Waals surface area contributed by atoms with Crippen molar-refractivity contribution < 1.29 is 14.7 Å². The summed E-state index contributed by atoms with van der Waals surface area (Å²) in [5.41, 5.74) is 1.44. The minimum atomic E-state index is -0.998. The van der Waals surface area contributed by atoms with Crippen LogP contribution < -0.4 is 0 Å². The molecule has 0 aromatic heterocycles. The zero-order chi connectivity index (χ0) is 15.6. The van der Waals surface area contributed by atoms with E-state index in [0.29, 0.717) is 16.7 Å². The van der Waals surface area contributed by atoms with Crippen molar-refractivity contribution >= 4 is 23.6 Å². The first-order chi connectivity index (χ1) is 9.88. The molecule has 0 spiro atoms. The van der Waals surface area contributed by atoms with Gasteiger partial charge >= 0.3 is 5.97 Å². The number of hydrogen-bond donors (Lipinski definition) is 1. The van der Waals surface area contributed by atoms with Gasteiger partial charge in [-0.1, -0.05) is 13.8 Å². The third-order valence-corrected chi connectivity index (χ3v) is 5.24. The highest BCUT2D eigenvalue weighted by molar-refractivity contribution is 8.00. The summed E-state index contributed by atoms with van der Waals surface area (Å²) in [5, 5.41) is 9.56. The van der Waals surface area contributed by atoms with Crippen LogP contribution in [-0.4, -0.2) is 46.0 Å². The van der Waals surface area contributed by atoms with Crippen molar-refractivity contribution in [2.45, 2.75) is 26.0 Å². The van der Waals surface area contributed by atoms with Gasteiger partial charge in [0.25, 0.3) is 5.91 Å². The first-order valence-corrected chi connectivity index (χ1v) is 8.19. The molecule has 1 aromatic rings. The lowest BCUT2D eigenvalue weighted by molar-refractivity contribution is 0.0696. The number of rotatable bonds is 3. The van der Waals surface area contributed by atoms with Crippen LogP contribution in [0.2, 0.25) is 0 Å². The van der Waals surface area contributed by atoms with Gasteiger partial charge in [-0.15, -0.1) is 0 Å². The molecular formula is C16H21NO3S. The molecule has 1 aliphatic heterocycles. The van der Waals surface area contributed by atoms with Gasteiger partial charge < -0.3 is 10.0 Å². The molecule has 5 heteroatoms. The van der Waals surface area contributed by atoms with Crippen molar-refractivity contribution in [2.24, 2.45) is 5.92 Å². The number of thioether (sulfide) groups is 1. The Balaban J connectivity index is 2.21. The van der Waals surface area contributed by atoms with Crippen LogP contribution in [0.1, 0.15) is 40.1 Å². The second-order valence-electron chi connectivity index (χ2n) is 5.80. The highest BCUT2D eigenvalue weighted by Gasteiger charge is 2.27.